The molecule has 0 radical (unpaired) electrons. The van der Waals surface area contributed by atoms with E-state index in [0.29, 0.717) is 5.02 Å². The maximum Gasteiger partial charge on any atom is 0.141 e. The van der Waals surface area contributed by atoms with Crippen LogP contribution >= 0.6 is 11.6 Å². The van der Waals surface area contributed by atoms with Gasteiger partial charge in [0.05, 0.1) is 17.2 Å². The van der Waals surface area contributed by atoms with Gasteiger partial charge in [-0.05, 0) is 68.5 Å². The van der Waals surface area contributed by atoms with Gasteiger partial charge in [-0.2, -0.15) is 5.26 Å². The summed E-state index contributed by atoms with van der Waals surface area (Å²) in [6.07, 6.45) is 1.77. The zero-order chi connectivity index (χ0) is 20.1. The molecule has 2 aromatic carbocycles. The van der Waals surface area contributed by atoms with E-state index in [1.165, 1.54) is 0 Å². The van der Waals surface area contributed by atoms with Gasteiger partial charge in [0.15, 0.2) is 0 Å². The van der Waals surface area contributed by atoms with Gasteiger partial charge in [-0.25, -0.2) is 0 Å². The molecule has 0 unspecified atom stereocenters. The van der Waals surface area contributed by atoms with Crippen LogP contribution < -0.4 is 4.90 Å². The van der Waals surface area contributed by atoms with E-state index in [9.17, 15) is 5.26 Å². The average molecular weight is 392 g/mol. The Bertz CT molecular complexity index is 1090. The molecule has 1 aromatic heterocycles. The molecule has 28 heavy (non-hydrogen) atoms. The predicted octanol–water partition coefficient (Wildman–Crippen LogP) is 6.24. The topological polar surface area (TPSA) is 53.1 Å². The van der Waals surface area contributed by atoms with E-state index >= 15 is 0 Å². The number of hydrogen-bond donors (Lipinski definition) is 0. The van der Waals surface area contributed by atoms with Crippen molar-refractivity contribution in [2.24, 2.45) is 0 Å². The van der Waals surface area contributed by atoms with Crippen LogP contribution in [0.15, 0.2) is 40.9 Å². The first-order valence-corrected chi connectivity index (χ1v) is 9.73. The first-order chi connectivity index (χ1) is 13.4. The highest BCUT2D eigenvalue weighted by atomic mass is 35.5. The standard InChI is InChI=1S/C23H22ClN3O/c1-14-5-6-17(22-15(2)26-28-16(22)3)11-21(14)27(4)18-7-8-19(20(24)12-18)23(13-25)9-10-23/h5-8,11-12H,9-10H2,1-4H3. The van der Waals surface area contributed by atoms with Crippen molar-refractivity contribution in [1.82, 2.24) is 5.16 Å². The highest BCUT2D eigenvalue weighted by Gasteiger charge is 2.46. The predicted molar refractivity (Wildman–Crippen MR) is 112 cm³/mol. The van der Waals surface area contributed by atoms with Gasteiger partial charge in [0, 0.05) is 29.0 Å². The highest BCUT2D eigenvalue weighted by Crippen LogP contribution is 2.50. The zero-order valence-electron chi connectivity index (χ0n) is 16.5. The van der Waals surface area contributed by atoms with E-state index in [1.807, 2.05) is 39.1 Å². The Balaban J connectivity index is 1.73. The lowest BCUT2D eigenvalue weighted by molar-refractivity contribution is 0.393. The van der Waals surface area contributed by atoms with Crippen LogP contribution in [0.25, 0.3) is 11.1 Å². The molecule has 0 amide bonds. The van der Waals surface area contributed by atoms with E-state index in [1.54, 1.807) is 0 Å². The van der Waals surface area contributed by atoms with Crippen molar-refractivity contribution in [2.75, 3.05) is 11.9 Å². The summed E-state index contributed by atoms with van der Waals surface area (Å²) in [5.41, 5.74) is 6.79. The Kier molecular flexibility index (Phi) is 4.44. The van der Waals surface area contributed by atoms with Gasteiger partial charge in [0.1, 0.15) is 5.76 Å². The Morgan fingerprint density at radius 2 is 1.89 bits per heavy atom. The lowest BCUT2D eigenvalue weighted by Crippen LogP contribution is -2.12. The van der Waals surface area contributed by atoms with Gasteiger partial charge < -0.3 is 9.42 Å². The van der Waals surface area contributed by atoms with Crippen LogP contribution in [0, 0.1) is 32.1 Å². The third-order valence-electron chi connectivity index (χ3n) is 5.71. The molecule has 4 rings (SSSR count). The van der Waals surface area contributed by atoms with E-state index in [0.717, 1.165) is 57.9 Å². The van der Waals surface area contributed by atoms with Crippen LogP contribution in [0.3, 0.4) is 0 Å². The molecule has 1 saturated carbocycles. The molecule has 0 N–H and O–H groups in total. The van der Waals surface area contributed by atoms with Crippen molar-refractivity contribution >= 4 is 23.0 Å². The number of aromatic nitrogens is 1. The summed E-state index contributed by atoms with van der Waals surface area (Å²) in [5, 5.41) is 14.2. The Morgan fingerprint density at radius 3 is 2.46 bits per heavy atom. The average Bonchev–Trinajstić information content (AvgIpc) is 3.41. The summed E-state index contributed by atoms with van der Waals surface area (Å²) in [6.45, 7) is 5.98. The molecule has 0 atom stereocenters. The van der Waals surface area contributed by atoms with E-state index in [4.69, 9.17) is 16.1 Å². The minimum absolute atomic E-state index is 0.382. The summed E-state index contributed by atoms with van der Waals surface area (Å²) >= 11 is 6.56. The zero-order valence-corrected chi connectivity index (χ0v) is 17.3. The molecule has 0 spiro atoms. The van der Waals surface area contributed by atoms with Crippen LogP contribution in [-0.4, -0.2) is 12.2 Å². The number of anilines is 2. The quantitative estimate of drug-likeness (QED) is 0.527. The molecule has 1 aliphatic carbocycles. The van der Waals surface area contributed by atoms with Gasteiger partial charge in [0.2, 0.25) is 0 Å². The van der Waals surface area contributed by atoms with Gasteiger partial charge in [-0.15, -0.1) is 0 Å². The van der Waals surface area contributed by atoms with E-state index in [2.05, 4.69) is 41.2 Å². The first kappa shape index (κ1) is 18.6. The van der Waals surface area contributed by atoms with Gasteiger partial charge in [-0.3, -0.25) is 0 Å². The second-order valence-corrected chi connectivity index (χ2v) is 8.02. The van der Waals surface area contributed by atoms with Crippen molar-refractivity contribution < 1.29 is 4.52 Å². The second-order valence-electron chi connectivity index (χ2n) is 7.62. The summed E-state index contributed by atoms with van der Waals surface area (Å²) in [5.74, 6) is 0.814. The fraction of sp³-hybridized carbons (Fsp3) is 0.304. The van der Waals surface area contributed by atoms with Gasteiger partial charge in [-0.1, -0.05) is 35.0 Å². The Morgan fingerprint density at radius 1 is 1.14 bits per heavy atom. The lowest BCUT2D eigenvalue weighted by atomic mass is 9.97. The van der Waals surface area contributed by atoms with Crippen LogP contribution in [0.1, 0.15) is 35.4 Å². The molecule has 142 valence electrons. The summed E-state index contributed by atoms with van der Waals surface area (Å²) < 4.78 is 5.33. The SMILES string of the molecule is Cc1ccc(-c2c(C)noc2C)cc1N(C)c1ccc(C2(C#N)CC2)c(Cl)c1. The maximum absolute atomic E-state index is 9.46. The number of nitriles is 1. The van der Waals surface area contributed by atoms with E-state index < -0.39 is 0 Å². The van der Waals surface area contributed by atoms with Crippen molar-refractivity contribution in [3.05, 3.63) is 64.0 Å². The fourth-order valence-electron chi connectivity index (χ4n) is 3.83. The summed E-state index contributed by atoms with van der Waals surface area (Å²) in [7, 11) is 2.03. The van der Waals surface area contributed by atoms with Crippen molar-refractivity contribution in [1.29, 1.82) is 5.26 Å². The van der Waals surface area contributed by atoms with Crippen molar-refractivity contribution in [2.45, 2.75) is 39.0 Å². The van der Waals surface area contributed by atoms with E-state index in [-0.39, 0.29) is 5.41 Å². The van der Waals surface area contributed by atoms with Crippen molar-refractivity contribution in [3.8, 4) is 17.2 Å². The lowest BCUT2D eigenvalue weighted by Gasteiger charge is -2.24. The molecule has 1 aliphatic rings. The van der Waals surface area contributed by atoms with Crippen molar-refractivity contribution in [3.63, 3.8) is 0 Å². The molecule has 5 heteroatoms. The smallest absolute Gasteiger partial charge is 0.141 e. The van der Waals surface area contributed by atoms with Gasteiger partial charge >= 0.3 is 0 Å². The van der Waals surface area contributed by atoms with Crippen LogP contribution in [0.4, 0.5) is 11.4 Å². The van der Waals surface area contributed by atoms with Gasteiger partial charge in [0.25, 0.3) is 0 Å². The summed E-state index contributed by atoms with van der Waals surface area (Å²) in [6, 6.07) is 14.8. The minimum atomic E-state index is -0.382. The number of benzene rings is 2. The number of nitrogens with zero attached hydrogens (tertiary/aromatic N) is 3. The Hall–Kier alpha value is -2.77. The Labute approximate surface area is 170 Å². The third-order valence-corrected chi connectivity index (χ3v) is 6.02. The van der Waals surface area contributed by atoms with Crippen LogP contribution in [-0.2, 0) is 5.41 Å². The second kappa shape index (κ2) is 6.68. The summed E-state index contributed by atoms with van der Waals surface area (Å²) in [4.78, 5) is 2.12. The molecule has 0 saturated heterocycles. The molecular weight excluding hydrogens is 370 g/mol. The number of halogens is 1. The minimum Gasteiger partial charge on any atom is -0.361 e. The molecule has 0 aliphatic heterocycles. The monoisotopic (exact) mass is 391 g/mol. The molecule has 0 bridgehead atoms. The number of rotatable bonds is 4. The largest absolute Gasteiger partial charge is 0.361 e. The first-order valence-electron chi connectivity index (χ1n) is 9.35. The molecule has 1 heterocycles. The van der Waals surface area contributed by atoms with Crippen LogP contribution in [0.5, 0.6) is 0 Å². The fourth-order valence-corrected chi connectivity index (χ4v) is 4.18. The number of hydrogen-bond acceptors (Lipinski definition) is 4. The normalized spacial score (nSPS) is 14.6. The molecule has 4 nitrogen and oxygen atoms in total. The van der Waals surface area contributed by atoms with Crippen LogP contribution in [0.2, 0.25) is 5.02 Å². The molecular formula is C23H22ClN3O. The highest BCUT2D eigenvalue weighted by molar-refractivity contribution is 6.32. The molecule has 1 fully saturated rings. The maximum atomic E-state index is 9.46. The third kappa shape index (κ3) is 2.96. The number of aryl methyl sites for hydroxylation is 3. The molecule has 3 aromatic rings.